The van der Waals surface area contributed by atoms with Crippen LogP contribution >= 0.6 is 0 Å². The maximum Gasteiger partial charge on any atom is 0.123 e. The van der Waals surface area contributed by atoms with E-state index in [0.717, 1.165) is 16.6 Å². The zero-order valence-electron chi connectivity index (χ0n) is 8.89. The predicted molar refractivity (Wildman–Crippen MR) is 63.7 cm³/mol. The molecule has 2 nitrogen and oxygen atoms in total. The highest BCUT2D eigenvalue weighted by Crippen LogP contribution is 2.23. The highest BCUT2D eigenvalue weighted by molar-refractivity contribution is 5.82. The normalized spacial score (nSPS) is 10.9. The second-order valence-electron chi connectivity index (χ2n) is 3.84. The predicted octanol–water partition coefficient (Wildman–Crippen LogP) is 3.28. The van der Waals surface area contributed by atoms with Gasteiger partial charge in [-0.3, -0.25) is 0 Å². The van der Waals surface area contributed by atoms with Gasteiger partial charge in [0.15, 0.2) is 0 Å². The van der Waals surface area contributed by atoms with Gasteiger partial charge in [-0.15, -0.1) is 0 Å². The van der Waals surface area contributed by atoms with Gasteiger partial charge in [-0.2, -0.15) is 0 Å². The van der Waals surface area contributed by atoms with E-state index in [1.807, 2.05) is 16.8 Å². The topological polar surface area (TPSA) is 25.2 Å². The van der Waals surface area contributed by atoms with Crippen molar-refractivity contribution >= 4 is 10.9 Å². The molecule has 1 N–H and O–H groups in total. The first kappa shape index (κ1) is 9.90. The van der Waals surface area contributed by atoms with E-state index >= 15 is 0 Å². The second kappa shape index (κ2) is 3.63. The lowest BCUT2D eigenvalue weighted by Gasteiger charge is -2.05. The number of aromatic hydroxyl groups is 1. The summed E-state index contributed by atoms with van der Waals surface area (Å²) in [4.78, 5) is 0. The summed E-state index contributed by atoms with van der Waals surface area (Å²) in [6.07, 6.45) is 1.84. The van der Waals surface area contributed by atoms with Crippen LogP contribution in [0.2, 0.25) is 0 Å². The van der Waals surface area contributed by atoms with Crippen LogP contribution in [0, 0.1) is 11.9 Å². The first-order valence-corrected chi connectivity index (χ1v) is 5.21. The van der Waals surface area contributed by atoms with Crippen molar-refractivity contribution in [1.29, 1.82) is 0 Å². The highest BCUT2D eigenvalue weighted by Gasteiger charge is 2.04. The lowest BCUT2D eigenvalue weighted by molar-refractivity contribution is 0.475. The number of aromatic nitrogens is 1. The van der Waals surface area contributed by atoms with Crippen molar-refractivity contribution in [1.82, 2.24) is 4.57 Å². The Balaban J connectivity index is 2.24. The number of phenols is 1. The summed E-state index contributed by atoms with van der Waals surface area (Å²) in [5.41, 5.74) is 1.69. The molecule has 17 heavy (non-hydrogen) atoms. The van der Waals surface area contributed by atoms with Crippen LogP contribution in [0.15, 0.2) is 48.7 Å². The van der Waals surface area contributed by atoms with E-state index in [-0.39, 0.29) is 11.6 Å². The molecule has 3 aromatic rings. The minimum Gasteiger partial charge on any atom is -0.508 e. The number of halogens is 1. The van der Waals surface area contributed by atoms with Crippen molar-refractivity contribution in [2.45, 2.75) is 0 Å². The van der Waals surface area contributed by atoms with Crippen molar-refractivity contribution in [3.05, 3.63) is 60.5 Å². The van der Waals surface area contributed by atoms with Crippen LogP contribution in [0.3, 0.4) is 0 Å². The van der Waals surface area contributed by atoms with E-state index in [2.05, 4.69) is 6.07 Å². The van der Waals surface area contributed by atoms with Gasteiger partial charge in [0, 0.05) is 23.3 Å². The molecule has 83 valence electrons. The average Bonchev–Trinajstić information content (AvgIpc) is 2.71. The van der Waals surface area contributed by atoms with Gasteiger partial charge >= 0.3 is 0 Å². The molecule has 0 bridgehead atoms. The van der Waals surface area contributed by atoms with Crippen molar-refractivity contribution in [3.63, 3.8) is 0 Å². The van der Waals surface area contributed by atoms with Gasteiger partial charge in [0.1, 0.15) is 11.6 Å². The first-order valence-electron chi connectivity index (χ1n) is 5.21. The van der Waals surface area contributed by atoms with Crippen molar-refractivity contribution < 1.29 is 9.50 Å². The molecule has 1 heterocycles. The van der Waals surface area contributed by atoms with Crippen molar-refractivity contribution in [2.24, 2.45) is 0 Å². The Kier molecular flexibility index (Phi) is 2.11. The molecule has 1 radical (unpaired) electrons. The third-order valence-corrected chi connectivity index (χ3v) is 2.69. The maximum atomic E-state index is 13.1. The van der Waals surface area contributed by atoms with Gasteiger partial charge in [0.2, 0.25) is 0 Å². The quantitative estimate of drug-likeness (QED) is 0.676. The Hall–Kier alpha value is -2.29. The third kappa shape index (κ3) is 1.65. The molecule has 0 spiro atoms. The first-order chi connectivity index (χ1) is 8.24. The Morgan fingerprint density at radius 2 is 2.00 bits per heavy atom. The Bertz CT molecular complexity index is 688. The summed E-state index contributed by atoms with van der Waals surface area (Å²) < 4.78 is 14.9. The molecule has 0 unspecified atom stereocenters. The van der Waals surface area contributed by atoms with E-state index in [9.17, 15) is 9.50 Å². The number of phenolic OH excluding ortho intramolecular Hbond substituents is 1. The van der Waals surface area contributed by atoms with Gasteiger partial charge in [-0.05, 0) is 42.5 Å². The summed E-state index contributed by atoms with van der Waals surface area (Å²) in [7, 11) is 0. The molecular formula is C14H9FNO. The second-order valence-corrected chi connectivity index (χ2v) is 3.84. The van der Waals surface area contributed by atoms with E-state index in [1.165, 1.54) is 18.2 Å². The molecular weight excluding hydrogens is 217 g/mol. The summed E-state index contributed by atoms with van der Waals surface area (Å²) in [5.74, 6) is -0.0933. The Morgan fingerprint density at radius 1 is 1.12 bits per heavy atom. The summed E-state index contributed by atoms with van der Waals surface area (Å²) in [5, 5.41) is 10.3. The number of hydrogen-bond acceptors (Lipinski definition) is 1. The summed E-state index contributed by atoms with van der Waals surface area (Å²) in [6.45, 7) is 0. The van der Waals surface area contributed by atoms with Crippen LogP contribution in [0.25, 0.3) is 16.6 Å². The van der Waals surface area contributed by atoms with Gasteiger partial charge in [0.25, 0.3) is 0 Å². The zero-order valence-corrected chi connectivity index (χ0v) is 8.89. The molecule has 0 aliphatic carbocycles. The van der Waals surface area contributed by atoms with E-state index in [0.29, 0.717) is 0 Å². The number of rotatable bonds is 1. The fourth-order valence-corrected chi connectivity index (χ4v) is 1.92. The largest absolute Gasteiger partial charge is 0.508 e. The lowest BCUT2D eigenvalue weighted by atomic mass is 10.2. The zero-order chi connectivity index (χ0) is 11.8. The SMILES string of the molecule is Oc1c[c]cc(-n2ccc3cc(F)ccc32)c1. The van der Waals surface area contributed by atoms with Gasteiger partial charge in [-0.1, -0.05) is 0 Å². The molecule has 0 saturated carbocycles. The summed E-state index contributed by atoms with van der Waals surface area (Å²) in [6, 6.07) is 14.2. The van der Waals surface area contributed by atoms with Crippen molar-refractivity contribution in [3.8, 4) is 11.4 Å². The molecule has 0 aliphatic rings. The molecule has 3 heteroatoms. The van der Waals surface area contributed by atoms with Crippen LogP contribution in [0.1, 0.15) is 0 Å². The molecule has 2 aromatic carbocycles. The monoisotopic (exact) mass is 226 g/mol. The van der Waals surface area contributed by atoms with Crippen LogP contribution in [0.5, 0.6) is 5.75 Å². The van der Waals surface area contributed by atoms with Crippen LogP contribution in [-0.4, -0.2) is 9.67 Å². The Morgan fingerprint density at radius 3 is 2.82 bits per heavy atom. The van der Waals surface area contributed by atoms with E-state index < -0.39 is 0 Å². The maximum absolute atomic E-state index is 13.1. The average molecular weight is 226 g/mol. The lowest BCUT2D eigenvalue weighted by Crippen LogP contribution is -1.91. The molecule has 3 rings (SSSR count). The molecule has 0 saturated heterocycles. The minimum atomic E-state index is -0.252. The molecule has 0 atom stereocenters. The molecule has 0 aliphatic heterocycles. The summed E-state index contributed by atoms with van der Waals surface area (Å²) >= 11 is 0. The van der Waals surface area contributed by atoms with Gasteiger partial charge in [-0.25, -0.2) is 4.39 Å². The fourth-order valence-electron chi connectivity index (χ4n) is 1.92. The minimum absolute atomic E-state index is 0.159. The van der Waals surface area contributed by atoms with Crippen molar-refractivity contribution in [2.75, 3.05) is 0 Å². The molecule has 1 aromatic heterocycles. The number of benzene rings is 2. The van der Waals surface area contributed by atoms with Crippen LogP contribution in [-0.2, 0) is 0 Å². The third-order valence-electron chi connectivity index (χ3n) is 2.69. The smallest absolute Gasteiger partial charge is 0.123 e. The highest BCUT2D eigenvalue weighted by atomic mass is 19.1. The van der Waals surface area contributed by atoms with Crippen LogP contribution in [0.4, 0.5) is 4.39 Å². The molecule has 0 amide bonds. The van der Waals surface area contributed by atoms with E-state index in [4.69, 9.17) is 0 Å². The number of nitrogens with zero attached hydrogens (tertiary/aromatic N) is 1. The number of hydrogen-bond donors (Lipinski definition) is 1. The van der Waals surface area contributed by atoms with E-state index in [1.54, 1.807) is 18.2 Å². The molecule has 0 fully saturated rings. The fraction of sp³-hybridized carbons (Fsp3) is 0. The van der Waals surface area contributed by atoms with Crippen LogP contribution < -0.4 is 0 Å². The van der Waals surface area contributed by atoms with Gasteiger partial charge < -0.3 is 9.67 Å². The Labute approximate surface area is 97.5 Å². The van der Waals surface area contributed by atoms with Gasteiger partial charge in [0.05, 0.1) is 5.52 Å². The number of fused-ring (bicyclic) bond motifs is 1. The standard InChI is InChI=1S/C14H9FNO/c15-11-4-5-14-10(8-11)6-7-16(14)12-2-1-3-13(17)9-12/h2-9,17H.